The van der Waals surface area contributed by atoms with Gasteiger partial charge in [0.25, 0.3) is 5.56 Å². The normalized spacial score (nSPS) is 10.9. The zero-order chi connectivity index (χ0) is 23.4. The second kappa shape index (κ2) is 9.52. The molecule has 3 N–H and O–H groups in total. The Labute approximate surface area is 190 Å². The van der Waals surface area contributed by atoms with Crippen LogP contribution in [0.3, 0.4) is 0 Å². The number of fused-ring (bicyclic) bond motifs is 1. The van der Waals surface area contributed by atoms with Crippen molar-refractivity contribution in [2.75, 3.05) is 19.5 Å². The minimum absolute atomic E-state index is 0.101. The van der Waals surface area contributed by atoms with Crippen LogP contribution in [0.25, 0.3) is 10.9 Å². The summed E-state index contributed by atoms with van der Waals surface area (Å²) in [6.07, 6.45) is 0.471. The molecule has 8 heteroatoms. The molecule has 0 atom stereocenters. The lowest BCUT2D eigenvalue weighted by Crippen LogP contribution is -2.40. The molecule has 33 heavy (non-hydrogen) atoms. The second-order valence-corrected chi connectivity index (χ2v) is 7.59. The third-order valence-corrected chi connectivity index (χ3v) is 5.42. The monoisotopic (exact) mass is 447 g/mol. The molecule has 0 saturated carbocycles. The number of hydrogen-bond donors (Lipinski definition) is 2. The first-order chi connectivity index (χ1) is 16.0. The number of methoxy groups -OCH3 is 1. The lowest BCUT2D eigenvalue weighted by atomic mass is 10.2. The van der Waals surface area contributed by atoms with Crippen molar-refractivity contribution in [2.24, 2.45) is 0 Å². The molecule has 3 aromatic carbocycles. The first-order valence-corrected chi connectivity index (χ1v) is 10.5. The number of hydrogen-bond acceptors (Lipinski definition) is 6. The summed E-state index contributed by atoms with van der Waals surface area (Å²) >= 11 is 0. The van der Waals surface area contributed by atoms with Gasteiger partial charge >= 0.3 is 5.69 Å². The van der Waals surface area contributed by atoms with E-state index in [4.69, 9.17) is 15.2 Å². The average molecular weight is 447 g/mol. The lowest BCUT2D eigenvalue weighted by Gasteiger charge is -2.15. The van der Waals surface area contributed by atoms with E-state index in [1.807, 2.05) is 12.1 Å². The van der Waals surface area contributed by atoms with Gasteiger partial charge in [-0.1, -0.05) is 30.3 Å². The minimum atomic E-state index is -0.496. The summed E-state index contributed by atoms with van der Waals surface area (Å²) in [5, 5.41) is 10.7. The molecular weight excluding hydrogens is 422 g/mol. The average Bonchev–Trinajstić information content (AvgIpc) is 2.83. The van der Waals surface area contributed by atoms with Crippen molar-refractivity contribution in [3.8, 4) is 17.2 Å². The standard InChI is InChI=1S/C25H25N3O5/c1-32-18-12-10-17(11-13-18)16-28-24(30)19-6-4-8-21(29)23(19)27(25(28)31)14-5-15-33-22-9-3-2-7-20(22)26/h2-4,6-13,29H,5,14-16,26H2,1H3. The van der Waals surface area contributed by atoms with Crippen LogP contribution in [0.15, 0.2) is 76.3 Å². The van der Waals surface area contributed by atoms with E-state index < -0.39 is 11.2 Å². The van der Waals surface area contributed by atoms with Gasteiger partial charge in [0.2, 0.25) is 0 Å². The number of ether oxygens (including phenoxy) is 2. The van der Waals surface area contributed by atoms with Crippen LogP contribution >= 0.6 is 0 Å². The molecule has 1 aromatic heterocycles. The van der Waals surface area contributed by atoms with Gasteiger partial charge < -0.3 is 20.3 Å². The number of nitrogen functional groups attached to an aromatic ring is 1. The molecule has 170 valence electrons. The van der Waals surface area contributed by atoms with E-state index >= 15 is 0 Å². The zero-order valence-corrected chi connectivity index (χ0v) is 18.2. The Kier molecular flexibility index (Phi) is 6.35. The Hall–Kier alpha value is -4.20. The summed E-state index contributed by atoms with van der Waals surface area (Å²) in [5.74, 6) is 1.14. The van der Waals surface area contributed by atoms with Gasteiger partial charge in [-0.2, -0.15) is 0 Å². The van der Waals surface area contributed by atoms with Gasteiger partial charge in [0, 0.05) is 6.54 Å². The highest BCUT2D eigenvalue weighted by Crippen LogP contribution is 2.22. The van der Waals surface area contributed by atoms with E-state index in [9.17, 15) is 14.7 Å². The van der Waals surface area contributed by atoms with Crippen LogP contribution in [0, 0.1) is 0 Å². The van der Waals surface area contributed by atoms with Crippen molar-refractivity contribution >= 4 is 16.6 Å². The molecule has 0 bridgehead atoms. The Morgan fingerprint density at radius 1 is 0.939 bits per heavy atom. The fourth-order valence-electron chi connectivity index (χ4n) is 3.74. The maximum Gasteiger partial charge on any atom is 0.331 e. The Morgan fingerprint density at radius 2 is 1.70 bits per heavy atom. The Morgan fingerprint density at radius 3 is 2.42 bits per heavy atom. The van der Waals surface area contributed by atoms with Gasteiger partial charge in [-0.15, -0.1) is 0 Å². The van der Waals surface area contributed by atoms with E-state index in [0.717, 1.165) is 5.56 Å². The fourth-order valence-corrected chi connectivity index (χ4v) is 3.74. The van der Waals surface area contributed by atoms with Crippen LogP contribution in [-0.4, -0.2) is 28.0 Å². The number of para-hydroxylation sites is 3. The first kappa shape index (κ1) is 22.0. The minimum Gasteiger partial charge on any atom is -0.506 e. The van der Waals surface area contributed by atoms with Crippen molar-refractivity contribution in [3.63, 3.8) is 0 Å². The van der Waals surface area contributed by atoms with Gasteiger partial charge in [-0.05, 0) is 48.4 Å². The zero-order valence-electron chi connectivity index (χ0n) is 18.2. The number of nitrogens with zero attached hydrogens (tertiary/aromatic N) is 2. The highest BCUT2D eigenvalue weighted by Gasteiger charge is 2.16. The quantitative estimate of drug-likeness (QED) is 0.318. The summed E-state index contributed by atoms with van der Waals surface area (Å²) in [6, 6.07) is 19.0. The summed E-state index contributed by atoms with van der Waals surface area (Å²) in [5.41, 5.74) is 6.49. The molecule has 4 aromatic rings. The highest BCUT2D eigenvalue weighted by molar-refractivity contribution is 5.83. The Balaban J connectivity index is 1.66. The van der Waals surface area contributed by atoms with Crippen LogP contribution < -0.4 is 26.5 Å². The molecule has 0 spiro atoms. The topological polar surface area (TPSA) is 109 Å². The number of benzene rings is 3. The van der Waals surface area contributed by atoms with E-state index in [0.29, 0.717) is 30.2 Å². The van der Waals surface area contributed by atoms with Crippen molar-refractivity contribution in [3.05, 3.63) is 93.1 Å². The van der Waals surface area contributed by atoms with Crippen LogP contribution in [0.1, 0.15) is 12.0 Å². The first-order valence-electron chi connectivity index (χ1n) is 10.5. The molecular formula is C25H25N3O5. The molecule has 0 amide bonds. The fraction of sp³-hybridized carbons (Fsp3) is 0.200. The van der Waals surface area contributed by atoms with Gasteiger partial charge in [0.1, 0.15) is 22.8 Å². The third-order valence-electron chi connectivity index (χ3n) is 5.42. The number of aromatic nitrogens is 2. The van der Waals surface area contributed by atoms with E-state index in [-0.39, 0.29) is 29.7 Å². The van der Waals surface area contributed by atoms with Crippen LogP contribution in [0.4, 0.5) is 5.69 Å². The summed E-state index contributed by atoms with van der Waals surface area (Å²) in [6.45, 7) is 0.667. The molecule has 0 unspecified atom stereocenters. The second-order valence-electron chi connectivity index (χ2n) is 7.59. The van der Waals surface area contributed by atoms with Gasteiger partial charge in [-0.25, -0.2) is 4.79 Å². The number of rotatable bonds is 8. The number of nitrogens with two attached hydrogens (primary N) is 1. The number of aryl methyl sites for hydroxylation is 1. The number of anilines is 1. The summed E-state index contributed by atoms with van der Waals surface area (Å²) in [4.78, 5) is 26.4. The molecule has 4 rings (SSSR count). The van der Waals surface area contributed by atoms with E-state index in [1.165, 1.54) is 15.2 Å². The molecule has 0 aliphatic heterocycles. The van der Waals surface area contributed by atoms with Crippen LogP contribution in [0.2, 0.25) is 0 Å². The van der Waals surface area contributed by atoms with Crippen molar-refractivity contribution in [1.82, 2.24) is 9.13 Å². The highest BCUT2D eigenvalue weighted by atomic mass is 16.5. The van der Waals surface area contributed by atoms with Crippen molar-refractivity contribution in [1.29, 1.82) is 0 Å². The SMILES string of the molecule is COc1ccc(Cn2c(=O)c3cccc(O)c3n(CCCOc3ccccc3N)c2=O)cc1. The molecule has 0 aliphatic carbocycles. The third kappa shape index (κ3) is 4.55. The van der Waals surface area contributed by atoms with E-state index in [2.05, 4.69) is 0 Å². The molecule has 0 aliphatic rings. The molecule has 0 radical (unpaired) electrons. The van der Waals surface area contributed by atoms with Crippen molar-refractivity contribution < 1.29 is 14.6 Å². The molecule has 0 saturated heterocycles. The number of phenols is 1. The van der Waals surface area contributed by atoms with Crippen LogP contribution in [0.5, 0.6) is 17.2 Å². The van der Waals surface area contributed by atoms with Gasteiger partial charge in [0.05, 0.1) is 31.3 Å². The summed E-state index contributed by atoms with van der Waals surface area (Å²) < 4.78 is 13.5. The molecule has 1 heterocycles. The largest absolute Gasteiger partial charge is 0.506 e. The maximum atomic E-state index is 13.3. The van der Waals surface area contributed by atoms with Crippen molar-refractivity contribution in [2.45, 2.75) is 19.5 Å². The number of aromatic hydroxyl groups is 1. The predicted molar refractivity (Wildman–Crippen MR) is 127 cm³/mol. The van der Waals surface area contributed by atoms with Gasteiger partial charge in [-0.3, -0.25) is 13.9 Å². The van der Waals surface area contributed by atoms with E-state index in [1.54, 1.807) is 55.6 Å². The lowest BCUT2D eigenvalue weighted by molar-refractivity contribution is 0.302. The maximum absolute atomic E-state index is 13.3. The number of phenolic OH excluding ortho intramolecular Hbond substituents is 1. The smallest absolute Gasteiger partial charge is 0.331 e. The molecule has 0 fully saturated rings. The molecule has 8 nitrogen and oxygen atoms in total. The summed E-state index contributed by atoms with van der Waals surface area (Å²) in [7, 11) is 1.57. The van der Waals surface area contributed by atoms with Gasteiger partial charge in [0.15, 0.2) is 0 Å². The van der Waals surface area contributed by atoms with Crippen LogP contribution in [-0.2, 0) is 13.1 Å². The predicted octanol–water partition coefficient (Wildman–Crippen LogP) is 2.98. The Bertz CT molecular complexity index is 1390.